The molecule has 6 heteroatoms. The van der Waals surface area contributed by atoms with Crippen LogP contribution in [0.1, 0.15) is 0 Å². The molecule has 0 aliphatic rings. The monoisotopic (exact) mass is 616 g/mol. The lowest BCUT2D eigenvalue weighted by Gasteiger charge is -2.11. The third kappa shape index (κ3) is 5.19. The fraction of sp³-hybridized carbons (Fsp3) is 0. The number of para-hydroxylation sites is 1. The summed E-state index contributed by atoms with van der Waals surface area (Å²) in [6.45, 7) is 0. The van der Waals surface area contributed by atoms with E-state index in [1.165, 1.54) is 0 Å². The van der Waals surface area contributed by atoms with Crippen LogP contribution in [0.5, 0.6) is 0 Å². The molecule has 8 aromatic rings. The SMILES string of the molecule is ClP(c1ccccc1)c1ccc2c(c1)c1cc(-c3nc(-c4ccccc4)nc(-c4ccccc4)n3)ccc1n2-c1ccccc1. The molecule has 0 amide bonds. The largest absolute Gasteiger partial charge is 0.309 e. The molecular formula is C39H26ClN4P. The van der Waals surface area contributed by atoms with Crippen LogP contribution in [0.4, 0.5) is 0 Å². The van der Waals surface area contributed by atoms with Crippen LogP contribution < -0.4 is 10.6 Å². The van der Waals surface area contributed by atoms with Gasteiger partial charge in [0.1, 0.15) is 0 Å². The van der Waals surface area contributed by atoms with Crippen LogP contribution in [0, 0.1) is 0 Å². The highest BCUT2D eigenvalue weighted by atomic mass is 35.7. The highest BCUT2D eigenvalue weighted by Crippen LogP contribution is 2.41. The zero-order chi connectivity index (χ0) is 30.2. The Hall–Kier alpha value is -5.15. The van der Waals surface area contributed by atoms with Crippen LogP contribution in [-0.2, 0) is 0 Å². The van der Waals surface area contributed by atoms with E-state index in [1.807, 2.05) is 84.9 Å². The first-order valence-corrected chi connectivity index (χ1v) is 17.0. The number of nitrogens with zero attached hydrogens (tertiary/aromatic N) is 4. The van der Waals surface area contributed by atoms with E-state index >= 15 is 0 Å². The van der Waals surface area contributed by atoms with E-state index in [-0.39, 0.29) is 0 Å². The third-order valence-electron chi connectivity index (χ3n) is 7.93. The second kappa shape index (κ2) is 11.7. The fourth-order valence-corrected chi connectivity index (χ4v) is 7.61. The van der Waals surface area contributed by atoms with E-state index in [4.69, 9.17) is 26.2 Å². The normalized spacial score (nSPS) is 12.0. The second-order valence-corrected chi connectivity index (χ2v) is 13.4. The van der Waals surface area contributed by atoms with E-state index in [9.17, 15) is 0 Å². The summed E-state index contributed by atoms with van der Waals surface area (Å²) in [6.07, 6.45) is 0. The first-order chi connectivity index (χ1) is 22.2. The van der Waals surface area contributed by atoms with Gasteiger partial charge in [0.25, 0.3) is 0 Å². The molecule has 2 aromatic heterocycles. The van der Waals surface area contributed by atoms with Crippen molar-refractivity contribution in [1.82, 2.24) is 19.5 Å². The van der Waals surface area contributed by atoms with Crippen LogP contribution in [0.25, 0.3) is 61.7 Å². The van der Waals surface area contributed by atoms with Crippen molar-refractivity contribution in [3.8, 4) is 39.9 Å². The molecule has 2 heterocycles. The lowest BCUT2D eigenvalue weighted by atomic mass is 10.1. The van der Waals surface area contributed by atoms with Gasteiger partial charge in [-0.2, -0.15) is 0 Å². The topological polar surface area (TPSA) is 43.6 Å². The van der Waals surface area contributed by atoms with Crippen molar-refractivity contribution in [2.24, 2.45) is 0 Å². The van der Waals surface area contributed by atoms with Crippen LogP contribution in [0.2, 0.25) is 0 Å². The molecule has 0 radical (unpaired) electrons. The Labute approximate surface area is 267 Å². The first-order valence-electron chi connectivity index (χ1n) is 14.7. The Bertz CT molecular complexity index is 2210. The van der Waals surface area contributed by atoms with Crippen LogP contribution >= 0.6 is 18.5 Å². The third-order valence-corrected chi connectivity index (χ3v) is 10.6. The summed E-state index contributed by atoms with van der Waals surface area (Å²) in [5, 5.41) is 4.50. The Morgan fingerprint density at radius 2 is 0.889 bits per heavy atom. The minimum atomic E-state index is -1.03. The van der Waals surface area contributed by atoms with Gasteiger partial charge in [-0.3, -0.25) is 0 Å². The molecule has 6 aromatic carbocycles. The summed E-state index contributed by atoms with van der Waals surface area (Å²) in [5.74, 6) is 1.92. The van der Waals surface area contributed by atoms with Crippen LogP contribution in [-0.4, -0.2) is 19.5 Å². The van der Waals surface area contributed by atoms with Gasteiger partial charge >= 0.3 is 0 Å². The maximum atomic E-state index is 7.12. The van der Waals surface area contributed by atoms with Crippen molar-refractivity contribution in [2.75, 3.05) is 0 Å². The van der Waals surface area contributed by atoms with E-state index in [1.54, 1.807) is 0 Å². The lowest BCUT2D eigenvalue weighted by molar-refractivity contribution is 1.07. The molecule has 0 N–H and O–H groups in total. The molecule has 4 nitrogen and oxygen atoms in total. The molecule has 0 fully saturated rings. The molecule has 1 unspecified atom stereocenters. The number of aromatic nitrogens is 4. The number of halogens is 1. The number of benzene rings is 6. The standard InChI is InChI=1S/C39H26ClN4P/c40-45(31-19-11-4-12-20-31)32-22-24-36-34(26-32)33-25-29(21-23-35(33)44(36)30-17-9-3-10-18-30)39-42-37(27-13-5-1-6-14-27)41-38(43-39)28-15-7-2-8-16-28/h1-26H. The predicted molar refractivity (Wildman–Crippen MR) is 189 cm³/mol. The van der Waals surface area contributed by atoms with Crippen molar-refractivity contribution in [1.29, 1.82) is 0 Å². The Balaban J connectivity index is 1.35. The molecule has 0 saturated carbocycles. The van der Waals surface area contributed by atoms with Gasteiger partial charge in [-0.05, 0) is 53.1 Å². The maximum Gasteiger partial charge on any atom is 0.164 e. The number of rotatable bonds is 6. The molecule has 1 atom stereocenters. The van der Waals surface area contributed by atoms with Gasteiger partial charge in [0.05, 0.1) is 18.3 Å². The van der Waals surface area contributed by atoms with Gasteiger partial charge in [-0.15, -0.1) is 0 Å². The van der Waals surface area contributed by atoms with Crippen molar-refractivity contribution >= 4 is 50.9 Å². The summed E-state index contributed by atoms with van der Waals surface area (Å²) >= 11 is 7.12. The summed E-state index contributed by atoms with van der Waals surface area (Å²) < 4.78 is 2.31. The Kier molecular flexibility index (Phi) is 7.15. The van der Waals surface area contributed by atoms with Crippen molar-refractivity contribution in [3.05, 3.63) is 158 Å². The molecule has 0 saturated heterocycles. The van der Waals surface area contributed by atoms with Gasteiger partial charge < -0.3 is 4.57 Å². The zero-order valence-corrected chi connectivity index (χ0v) is 25.8. The summed E-state index contributed by atoms with van der Waals surface area (Å²) in [5.41, 5.74) is 6.15. The highest BCUT2D eigenvalue weighted by molar-refractivity contribution is 7.95. The van der Waals surface area contributed by atoms with Crippen LogP contribution in [0.15, 0.2) is 158 Å². The lowest BCUT2D eigenvalue weighted by Crippen LogP contribution is -2.07. The molecule has 214 valence electrons. The second-order valence-electron chi connectivity index (χ2n) is 10.8. The first kappa shape index (κ1) is 27.4. The minimum absolute atomic E-state index is 0.630. The molecule has 0 aliphatic carbocycles. The summed E-state index contributed by atoms with van der Waals surface area (Å²) in [7, 11) is -1.03. The molecule has 0 bridgehead atoms. The summed E-state index contributed by atoms with van der Waals surface area (Å²) in [4.78, 5) is 14.9. The van der Waals surface area contributed by atoms with Crippen molar-refractivity contribution in [2.45, 2.75) is 0 Å². The fourth-order valence-electron chi connectivity index (χ4n) is 5.77. The zero-order valence-electron chi connectivity index (χ0n) is 24.1. The highest BCUT2D eigenvalue weighted by Gasteiger charge is 2.19. The van der Waals surface area contributed by atoms with Crippen molar-refractivity contribution < 1.29 is 0 Å². The Morgan fingerprint density at radius 3 is 1.47 bits per heavy atom. The smallest absolute Gasteiger partial charge is 0.164 e. The molecule has 0 aliphatic heterocycles. The molecular weight excluding hydrogens is 591 g/mol. The number of hydrogen-bond acceptors (Lipinski definition) is 3. The average molecular weight is 617 g/mol. The average Bonchev–Trinajstić information content (AvgIpc) is 3.45. The van der Waals surface area contributed by atoms with Gasteiger partial charge in [0, 0.05) is 33.2 Å². The van der Waals surface area contributed by atoms with Gasteiger partial charge in [0.15, 0.2) is 17.5 Å². The maximum absolute atomic E-state index is 7.12. The van der Waals surface area contributed by atoms with E-state index in [0.717, 1.165) is 54.8 Å². The number of hydrogen-bond donors (Lipinski definition) is 0. The predicted octanol–water partition coefficient (Wildman–Crippen LogP) is 9.56. The van der Waals surface area contributed by atoms with Crippen LogP contribution in [0.3, 0.4) is 0 Å². The number of fused-ring (bicyclic) bond motifs is 3. The van der Waals surface area contributed by atoms with Gasteiger partial charge in [0.2, 0.25) is 0 Å². The molecule has 0 spiro atoms. The van der Waals surface area contributed by atoms with E-state index < -0.39 is 7.27 Å². The quantitative estimate of drug-likeness (QED) is 0.175. The van der Waals surface area contributed by atoms with Gasteiger partial charge in [-0.1, -0.05) is 127 Å². The molecule has 45 heavy (non-hydrogen) atoms. The van der Waals surface area contributed by atoms with E-state index in [2.05, 4.69) is 77.4 Å². The Morgan fingerprint density at radius 1 is 0.422 bits per heavy atom. The summed E-state index contributed by atoms with van der Waals surface area (Å²) in [6, 6.07) is 54.0. The van der Waals surface area contributed by atoms with Crippen molar-refractivity contribution in [3.63, 3.8) is 0 Å². The minimum Gasteiger partial charge on any atom is -0.309 e. The van der Waals surface area contributed by atoms with E-state index in [0.29, 0.717) is 17.5 Å². The molecule has 8 rings (SSSR count). The van der Waals surface area contributed by atoms with Gasteiger partial charge in [-0.25, -0.2) is 15.0 Å².